The van der Waals surface area contributed by atoms with Gasteiger partial charge in [-0.05, 0) is 30.9 Å². The zero-order valence-electron chi connectivity index (χ0n) is 14.8. The van der Waals surface area contributed by atoms with E-state index in [4.69, 9.17) is 0 Å². The molecule has 136 valence electrons. The van der Waals surface area contributed by atoms with Gasteiger partial charge in [0.15, 0.2) is 6.54 Å². The summed E-state index contributed by atoms with van der Waals surface area (Å²) >= 11 is 0. The molecule has 2 aliphatic rings. The van der Waals surface area contributed by atoms with Crippen molar-refractivity contribution in [3.63, 3.8) is 0 Å². The van der Waals surface area contributed by atoms with Crippen LogP contribution >= 0.6 is 0 Å². The molecule has 0 bridgehead atoms. The highest BCUT2D eigenvalue weighted by molar-refractivity contribution is 5.77. The van der Waals surface area contributed by atoms with Crippen molar-refractivity contribution >= 4 is 17.3 Å². The van der Waals surface area contributed by atoms with Crippen LogP contribution in [0.2, 0.25) is 0 Å². The Kier molecular flexibility index (Phi) is 5.53. The van der Waals surface area contributed by atoms with Crippen LogP contribution in [0, 0.1) is 16.0 Å². The molecule has 2 fully saturated rings. The van der Waals surface area contributed by atoms with Gasteiger partial charge in [-0.25, -0.2) is 0 Å². The van der Waals surface area contributed by atoms with Crippen LogP contribution in [0.25, 0.3) is 0 Å². The van der Waals surface area contributed by atoms with E-state index in [1.54, 1.807) is 12.1 Å². The molecule has 0 saturated carbocycles. The third-order valence-corrected chi connectivity index (χ3v) is 5.31. The van der Waals surface area contributed by atoms with Crippen LogP contribution in [0.3, 0.4) is 0 Å². The standard InChI is InChI=1S/C18H26N4O3/c1-15-3-2-8-21(13-15)18(23)14-19-9-11-20(12-10-19)16-4-6-17(7-5-16)22(24)25/h4-7,15H,2-3,8-14H2,1H3/p+1/t15-/m0/s1. The number of nitrogens with zero attached hydrogens (tertiary/aromatic N) is 3. The van der Waals surface area contributed by atoms with E-state index in [9.17, 15) is 14.9 Å². The van der Waals surface area contributed by atoms with Gasteiger partial charge in [0, 0.05) is 30.9 Å². The van der Waals surface area contributed by atoms with Crippen molar-refractivity contribution in [2.75, 3.05) is 50.7 Å². The molecule has 0 aliphatic carbocycles. The number of piperazine rings is 1. The van der Waals surface area contributed by atoms with Crippen molar-refractivity contribution in [1.29, 1.82) is 0 Å². The van der Waals surface area contributed by atoms with Gasteiger partial charge in [0.2, 0.25) is 0 Å². The van der Waals surface area contributed by atoms with Gasteiger partial charge in [-0.3, -0.25) is 14.9 Å². The number of non-ortho nitro benzene ring substituents is 1. The third-order valence-electron chi connectivity index (χ3n) is 5.31. The highest BCUT2D eigenvalue weighted by atomic mass is 16.6. The smallest absolute Gasteiger partial charge is 0.277 e. The normalized spacial score (nSPS) is 22.0. The monoisotopic (exact) mass is 347 g/mol. The molecule has 0 radical (unpaired) electrons. The second-order valence-corrected chi connectivity index (χ2v) is 7.27. The van der Waals surface area contributed by atoms with Crippen LogP contribution in [0.1, 0.15) is 19.8 Å². The van der Waals surface area contributed by atoms with E-state index in [0.717, 1.165) is 51.4 Å². The molecule has 1 aromatic carbocycles. The molecule has 0 spiro atoms. The first kappa shape index (κ1) is 17.7. The number of nitro benzene ring substituents is 1. The quantitative estimate of drug-likeness (QED) is 0.638. The molecule has 0 unspecified atom stereocenters. The summed E-state index contributed by atoms with van der Waals surface area (Å²) in [4.78, 5) is 28.5. The summed E-state index contributed by atoms with van der Waals surface area (Å²) in [5, 5.41) is 10.7. The summed E-state index contributed by atoms with van der Waals surface area (Å²) in [7, 11) is 0. The third kappa shape index (κ3) is 4.48. The summed E-state index contributed by atoms with van der Waals surface area (Å²) in [5.74, 6) is 0.900. The minimum Gasteiger partial charge on any atom is -0.360 e. The minimum absolute atomic E-state index is 0.120. The fourth-order valence-electron chi connectivity index (χ4n) is 3.78. The molecule has 1 atom stereocenters. The lowest BCUT2D eigenvalue weighted by Gasteiger charge is -2.35. The Labute approximate surface area is 148 Å². The average Bonchev–Trinajstić information content (AvgIpc) is 2.62. The molecule has 0 aromatic heterocycles. The molecule has 1 aromatic rings. The van der Waals surface area contributed by atoms with Crippen LogP contribution in [0.4, 0.5) is 11.4 Å². The number of carbonyl (C=O) groups excluding carboxylic acids is 1. The van der Waals surface area contributed by atoms with Crippen molar-refractivity contribution < 1.29 is 14.6 Å². The molecule has 2 saturated heterocycles. The lowest BCUT2D eigenvalue weighted by molar-refractivity contribution is -0.892. The van der Waals surface area contributed by atoms with E-state index < -0.39 is 0 Å². The summed E-state index contributed by atoms with van der Waals surface area (Å²) in [6.07, 6.45) is 2.35. The van der Waals surface area contributed by atoms with Crippen LogP contribution < -0.4 is 9.80 Å². The number of hydrogen-bond acceptors (Lipinski definition) is 4. The Morgan fingerprint density at radius 3 is 2.52 bits per heavy atom. The van der Waals surface area contributed by atoms with Gasteiger partial charge in [0.05, 0.1) is 31.1 Å². The lowest BCUT2D eigenvalue weighted by Crippen LogP contribution is -3.16. The van der Waals surface area contributed by atoms with Crippen molar-refractivity contribution in [1.82, 2.24) is 4.90 Å². The Balaban J connectivity index is 1.48. The zero-order valence-corrected chi connectivity index (χ0v) is 14.8. The number of nitro groups is 1. The van der Waals surface area contributed by atoms with E-state index in [-0.39, 0.29) is 16.5 Å². The van der Waals surface area contributed by atoms with Crippen LogP contribution in [0.15, 0.2) is 24.3 Å². The van der Waals surface area contributed by atoms with Gasteiger partial charge in [-0.15, -0.1) is 0 Å². The predicted molar refractivity (Wildman–Crippen MR) is 95.9 cm³/mol. The van der Waals surface area contributed by atoms with Crippen molar-refractivity contribution in [3.8, 4) is 0 Å². The Hall–Kier alpha value is -2.15. The van der Waals surface area contributed by atoms with Crippen molar-refractivity contribution in [2.24, 2.45) is 5.92 Å². The highest BCUT2D eigenvalue weighted by Crippen LogP contribution is 2.19. The summed E-state index contributed by atoms with van der Waals surface area (Å²) < 4.78 is 0. The maximum Gasteiger partial charge on any atom is 0.277 e. The maximum absolute atomic E-state index is 12.5. The van der Waals surface area contributed by atoms with E-state index in [0.29, 0.717) is 12.5 Å². The van der Waals surface area contributed by atoms with Gasteiger partial charge in [0.1, 0.15) is 0 Å². The molecule has 3 rings (SSSR count). The van der Waals surface area contributed by atoms with E-state index in [2.05, 4.69) is 11.8 Å². The lowest BCUT2D eigenvalue weighted by atomic mass is 10.0. The van der Waals surface area contributed by atoms with Crippen LogP contribution in [-0.4, -0.2) is 61.5 Å². The number of piperidine rings is 1. The number of nitrogens with one attached hydrogen (secondary N) is 1. The number of rotatable bonds is 4. The van der Waals surface area contributed by atoms with Crippen molar-refractivity contribution in [3.05, 3.63) is 34.4 Å². The number of likely N-dealkylation sites (tertiary alicyclic amines) is 1. The molecular weight excluding hydrogens is 320 g/mol. The largest absolute Gasteiger partial charge is 0.360 e. The number of anilines is 1. The number of amides is 1. The van der Waals surface area contributed by atoms with E-state index in [1.807, 2.05) is 17.0 Å². The molecule has 2 aliphatic heterocycles. The number of quaternary nitrogens is 1. The molecule has 1 N–H and O–H groups in total. The summed E-state index contributed by atoms with van der Waals surface area (Å²) in [5.41, 5.74) is 1.13. The van der Waals surface area contributed by atoms with Gasteiger partial charge in [-0.1, -0.05) is 6.92 Å². The molecule has 25 heavy (non-hydrogen) atoms. The van der Waals surface area contributed by atoms with Crippen LogP contribution in [0.5, 0.6) is 0 Å². The molecular formula is C18H27N4O3+. The Morgan fingerprint density at radius 2 is 1.92 bits per heavy atom. The maximum atomic E-state index is 12.5. The minimum atomic E-state index is -0.376. The molecule has 2 heterocycles. The predicted octanol–water partition coefficient (Wildman–Crippen LogP) is 0.558. The van der Waals surface area contributed by atoms with E-state index in [1.165, 1.54) is 11.3 Å². The van der Waals surface area contributed by atoms with E-state index >= 15 is 0 Å². The Bertz CT molecular complexity index is 611. The fourth-order valence-corrected chi connectivity index (χ4v) is 3.78. The SMILES string of the molecule is C[C@H]1CCCN(C(=O)C[NH+]2CCN(c3ccc([N+](=O)[O-])cc3)CC2)C1. The van der Waals surface area contributed by atoms with Gasteiger partial charge < -0.3 is 14.7 Å². The number of hydrogen-bond donors (Lipinski definition) is 1. The zero-order chi connectivity index (χ0) is 17.8. The molecule has 7 nitrogen and oxygen atoms in total. The fraction of sp³-hybridized carbons (Fsp3) is 0.611. The summed E-state index contributed by atoms with van der Waals surface area (Å²) in [6, 6.07) is 6.72. The van der Waals surface area contributed by atoms with Gasteiger partial charge in [0.25, 0.3) is 11.6 Å². The second-order valence-electron chi connectivity index (χ2n) is 7.27. The van der Waals surface area contributed by atoms with Crippen molar-refractivity contribution in [2.45, 2.75) is 19.8 Å². The first-order valence-corrected chi connectivity index (χ1v) is 9.13. The number of carbonyl (C=O) groups is 1. The van der Waals surface area contributed by atoms with Gasteiger partial charge >= 0.3 is 0 Å². The van der Waals surface area contributed by atoms with Crippen LogP contribution in [-0.2, 0) is 4.79 Å². The molecule has 1 amide bonds. The Morgan fingerprint density at radius 1 is 1.24 bits per heavy atom. The topological polar surface area (TPSA) is 71.1 Å². The highest BCUT2D eigenvalue weighted by Gasteiger charge is 2.27. The first-order valence-electron chi connectivity index (χ1n) is 9.13. The average molecular weight is 347 g/mol. The first-order chi connectivity index (χ1) is 12.0. The number of benzene rings is 1. The second kappa shape index (κ2) is 7.82. The molecule has 7 heteroatoms. The van der Waals surface area contributed by atoms with Gasteiger partial charge in [-0.2, -0.15) is 0 Å². The summed E-state index contributed by atoms with van der Waals surface area (Å²) in [6.45, 7) is 8.20.